The Morgan fingerprint density at radius 3 is 2.78 bits per heavy atom. The van der Waals surface area contributed by atoms with Crippen LogP contribution in [0, 0.1) is 0 Å². The van der Waals surface area contributed by atoms with E-state index in [4.69, 9.17) is 0 Å². The number of likely N-dealkylation sites (tertiary alicyclic amines) is 1. The lowest BCUT2D eigenvalue weighted by Crippen LogP contribution is -2.21. The molecule has 1 atom stereocenters. The normalized spacial score (nSPS) is 20.2. The van der Waals surface area contributed by atoms with Crippen LogP contribution in [0.2, 0.25) is 0 Å². The molecule has 0 bridgehead atoms. The molecule has 1 fully saturated rings. The van der Waals surface area contributed by atoms with E-state index in [0.29, 0.717) is 0 Å². The van der Waals surface area contributed by atoms with Gasteiger partial charge in [0, 0.05) is 17.5 Å². The van der Waals surface area contributed by atoms with Crippen LogP contribution < -0.4 is 0 Å². The highest BCUT2D eigenvalue weighted by Gasteiger charge is 2.24. The molecule has 2 heterocycles. The van der Waals surface area contributed by atoms with Gasteiger partial charge in [-0.1, -0.05) is 26.8 Å². The minimum absolute atomic E-state index is 0.177. The van der Waals surface area contributed by atoms with Crippen molar-refractivity contribution in [3.05, 3.63) is 23.9 Å². The van der Waals surface area contributed by atoms with Crippen molar-refractivity contribution in [1.82, 2.24) is 9.88 Å². The number of hydrogen-bond donors (Lipinski definition) is 0. The average Bonchev–Trinajstić information content (AvgIpc) is 2.76. The minimum atomic E-state index is 0.177. The topological polar surface area (TPSA) is 33.2 Å². The van der Waals surface area contributed by atoms with Crippen molar-refractivity contribution in [3.63, 3.8) is 0 Å². The first kappa shape index (κ1) is 13.4. The fourth-order valence-corrected chi connectivity index (χ4v) is 3.11. The molecule has 0 unspecified atom stereocenters. The third-order valence-electron chi connectivity index (χ3n) is 2.98. The monoisotopic (exact) mass is 264 g/mol. The first-order valence-electron chi connectivity index (χ1n) is 6.35. The summed E-state index contributed by atoms with van der Waals surface area (Å²) >= 11 is 1.76. The maximum Gasteiger partial charge on any atom is 0.210 e. The van der Waals surface area contributed by atoms with Gasteiger partial charge < -0.3 is 4.90 Å². The zero-order chi connectivity index (χ0) is 13.2. The van der Waals surface area contributed by atoms with Crippen molar-refractivity contribution >= 4 is 18.2 Å². The first-order valence-corrected chi connectivity index (χ1v) is 7.17. The summed E-state index contributed by atoms with van der Waals surface area (Å²) in [6.45, 7) is 7.40. The molecular formula is C14H20N2OS. The van der Waals surface area contributed by atoms with Crippen LogP contribution in [0.4, 0.5) is 0 Å². The molecule has 0 aliphatic carbocycles. The van der Waals surface area contributed by atoms with Crippen LogP contribution >= 0.6 is 11.8 Å². The van der Waals surface area contributed by atoms with Gasteiger partial charge in [0.2, 0.25) is 6.41 Å². The maximum atomic E-state index is 10.9. The number of rotatable bonds is 3. The molecule has 18 heavy (non-hydrogen) atoms. The van der Waals surface area contributed by atoms with Crippen molar-refractivity contribution in [2.24, 2.45) is 0 Å². The second-order valence-electron chi connectivity index (χ2n) is 5.65. The largest absolute Gasteiger partial charge is 0.338 e. The molecule has 0 radical (unpaired) electrons. The molecule has 3 nitrogen and oxygen atoms in total. The van der Waals surface area contributed by atoms with E-state index in [1.165, 1.54) is 0 Å². The maximum absolute atomic E-state index is 10.9. The third-order valence-corrected chi connectivity index (χ3v) is 4.05. The molecule has 0 saturated carbocycles. The van der Waals surface area contributed by atoms with Crippen LogP contribution in [0.15, 0.2) is 23.4 Å². The highest BCUT2D eigenvalue weighted by atomic mass is 32.2. The molecule has 98 valence electrons. The molecule has 0 aromatic carbocycles. The third kappa shape index (κ3) is 3.25. The number of amides is 1. The molecule has 0 spiro atoms. The molecule has 0 N–H and O–H groups in total. The Hall–Kier alpha value is -1.03. The highest BCUT2D eigenvalue weighted by molar-refractivity contribution is 8.00. The van der Waals surface area contributed by atoms with E-state index in [2.05, 4.69) is 37.9 Å². The zero-order valence-corrected chi connectivity index (χ0v) is 12.0. The molecule has 4 heteroatoms. The zero-order valence-electron chi connectivity index (χ0n) is 11.2. The van der Waals surface area contributed by atoms with E-state index in [-0.39, 0.29) is 10.8 Å². The van der Waals surface area contributed by atoms with E-state index >= 15 is 0 Å². The summed E-state index contributed by atoms with van der Waals surface area (Å²) in [7, 11) is 0. The van der Waals surface area contributed by atoms with Gasteiger partial charge in [0.1, 0.15) is 0 Å². The second-order valence-corrected chi connectivity index (χ2v) is 7.49. The van der Waals surface area contributed by atoms with E-state index in [1.807, 2.05) is 11.1 Å². The SMILES string of the molecule is CC(C)(C)Sc1ccc([C@H]2CCCN2C=O)cn1. The smallest absolute Gasteiger partial charge is 0.210 e. The number of carbonyl (C=O) groups excluding carboxylic acids is 1. The second kappa shape index (κ2) is 5.31. The van der Waals surface area contributed by atoms with Crippen LogP contribution in [0.3, 0.4) is 0 Å². The Labute approximate surface area is 113 Å². The first-order chi connectivity index (χ1) is 8.49. The van der Waals surface area contributed by atoms with Gasteiger partial charge in [-0.25, -0.2) is 4.98 Å². The van der Waals surface area contributed by atoms with Crippen LogP contribution in [0.5, 0.6) is 0 Å². The molecule has 1 aliphatic rings. The van der Waals surface area contributed by atoms with Gasteiger partial charge in [-0.15, -0.1) is 11.8 Å². The fourth-order valence-electron chi connectivity index (χ4n) is 2.24. The summed E-state index contributed by atoms with van der Waals surface area (Å²) in [5, 5.41) is 1.04. The standard InChI is InChI=1S/C14H20N2OS/c1-14(2,3)18-13-7-6-11(9-15-13)12-5-4-8-16(12)10-17/h6-7,9-10,12H,4-5,8H2,1-3H3/t12-/m1/s1. The molecule has 1 aliphatic heterocycles. The molecule has 1 saturated heterocycles. The van der Waals surface area contributed by atoms with Crippen LogP contribution in [0.25, 0.3) is 0 Å². The summed E-state index contributed by atoms with van der Waals surface area (Å²) < 4.78 is 0.177. The van der Waals surface area contributed by atoms with Crippen LogP contribution in [0.1, 0.15) is 45.2 Å². The van der Waals surface area contributed by atoms with Crippen LogP contribution in [-0.4, -0.2) is 27.6 Å². The van der Waals surface area contributed by atoms with Gasteiger partial charge in [-0.05, 0) is 24.5 Å². The summed E-state index contributed by atoms with van der Waals surface area (Å²) in [6.07, 6.45) is 5.00. The van der Waals surface area contributed by atoms with Crippen molar-refractivity contribution in [1.29, 1.82) is 0 Å². The fraction of sp³-hybridized carbons (Fsp3) is 0.571. The predicted octanol–water partition coefficient (Wildman–Crippen LogP) is 3.27. The van der Waals surface area contributed by atoms with E-state index in [9.17, 15) is 4.79 Å². The van der Waals surface area contributed by atoms with Gasteiger partial charge in [0.15, 0.2) is 0 Å². The Balaban J connectivity index is 2.10. The number of carbonyl (C=O) groups is 1. The number of aromatic nitrogens is 1. The quantitative estimate of drug-likeness (QED) is 0.620. The van der Waals surface area contributed by atoms with Crippen molar-refractivity contribution in [2.75, 3.05) is 6.54 Å². The molecule has 1 aromatic heterocycles. The number of pyridine rings is 1. The highest BCUT2D eigenvalue weighted by Crippen LogP contribution is 2.33. The van der Waals surface area contributed by atoms with Gasteiger partial charge in [-0.2, -0.15) is 0 Å². The van der Waals surface area contributed by atoms with Gasteiger partial charge >= 0.3 is 0 Å². The Morgan fingerprint density at radius 2 is 2.22 bits per heavy atom. The Morgan fingerprint density at radius 1 is 1.44 bits per heavy atom. The van der Waals surface area contributed by atoms with Crippen molar-refractivity contribution < 1.29 is 4.79 Å². The predicted molar refractivity (Wildman–Crippen MR) is 74.6 cm³/mol. The lowest BCUT2D eigenvalue weighted by Gasteiger charge is -2.21. The van der Waals surface area contributed by atoms with E-state index in [0.717, 1.165) is 36.4 Å². The number of thioether (sulfide) groups is 1. The molecule has 1 aromatic rings. The van der Waals surface area contributed by atoms with Gasteiger partial charge in [-0.3, -0.25) is 4.79 Å². The molecule has 1 amide bonds. The summed E-state index contributed by atoms with van der Waals surface area (Å²) in [5.74, 6) is 0. The summed E-state index contributed by atoms with van der Waals surface area (Å²) in [6, 6.07) is 4.39. The molecule has 2 rings (SSSR count). The average molecular weight is 264 g/mol. The van der Waals surface area contributed by atoms with Crippen molar-refractivity contribution in [2.45, 2.75) is 49.4 Å². The summed E-state index contributed by atoms with van der Waals surface area (Å²) in [4.78, 5) is 17.3. The van der Waals surface area contributed by atoms with E-state index < -0.39 is 0 Å². The summed E-state index contributed by atoms with van der Waals surface area (Å²) in [5.41, 5.74) is 1.15. The number of hydrogen-bond acceptors (Lipinski definition) is 3. The molecular weight excluding hydrogens is 244 g/mol. The van der Waals surface area contributed by atoms with Crippen molar-refractivity contribution in [3.8, 4) is 0 Å². The lowest BCUT2D eigenvalue weighted by atomic mass is 10.1. The minimum Gasteiger partial charge on any atom is -0.338 e. The van der Waals surface area contributed by atoms with Gasteiger partial charge in [0.25, 0.3) is 0 Å². The van der Waals surface area contributed by atoms with Gasteiger partial charge in [0.05, 0.1) is 11.1 Å². The van der Waals surface area contributed by atoms with Crippen LogP contribution in [-0.2, 0) is 4.79 Å². The number of nitrogens with zero attached hydrogens (tertiary/aromatic N) is 2. The Kier molecular flexibility index (Phi) is 3.95. The van der Waals surface area contributed by atoms with E-state index in [1.54, 1.807) is 11.8 Å². The lowest BCUT2D eigenvalue weighted by molar-refractivity contribution is -0.118. The Bertz CT molecular complexity index is 411.